The molecule has 3 nitrogen and oxygen atoms in total. The minimum atomic E-state index is 0.322. The van der Waals surface area contributed by atoms with Crippen LogP contribution in [-0.2, 0) is 19.5 Å². The number of aromatic nitrogens is 2. The lowest BCUT2D eigenvalue weighted by atomic mass is 10.1. The van der Waals surface area contributed by atoms with Gasteiger partial charge in [-0.3, -0.25) is 4.68 Å². The summed E-state index contributed by atoms with van der Waals surface area (Å²) in [5.74, 6) is 0. The number of hydrogen-bond acceptors (Lipinski definition) is 2. The van der Waals surface area contributed by atoms with Crippen molar-refractivity contribution >= 4 is 15.9 Å². The molecular weight excluding hydrogens is 326 g/mol. The maximum absolute atomic E-state index is 4.64. The van der Waals surface area contributed by atoms with Gasteiger partial charge >= 0.3 is 0 Å². The molecule has 0 radical (unpaired) electrons. The van der Waals surface area contributed by atoms with Crippen LogP contribution in [0.1, 0.15) is 49.3 Å². The molecule has 0 saturated carbocycles. The van der Waals surface area contributed by atoms with Crippen molar-refractivity contribution in [1.29, 1.82) is 0 Å². The summed E-state index contributed by atoms with van der Waals surface area (Å²) in [6.07, 6.45) is 0.952. The number of hydrogen-bond donors (Lipinski definition) is 1. The number of rotatable bonds is 6. The molecule has 0 amide bonds. The maximum Gasteiger partial charge on any atom is 0.0767 e. The van der Waals surface area contributed by atoms with E-state index in [1.54, 1.807) is 0 Å². The number of nitrogens with one attached hydrogen (secondary N) is 1. The average Bonchev–Trinajstić information content (AvgIpc) is 2.81. The lowest BCUT2D eigenvalue weighted by Gasteiger charge is -2.15. The highest BCUT2D eigenvalue weighted by Crippen LogP contribution is 2.23. The molecule has 0 fully saturated rings. The largest absolute Gasteiger partial charge is 0.305 e. The summed E-state index contributed by atoms with van der Waals surface area (Å²) in [6, 6.07) is 9.03. The topological polar surface area (TPSA) is 29.9 Å². The van der Waals surface area contributed by atoms with Crippen LogP contribution in [0, 0.1) is 6.92 Å². The van der Waals surface area contributed by atoms with Crippen molar-refractivity contribution < 1.29 is 0 Å². The molecule has 1 aromatic heterocycles. The van der Waals surface area contributed by atoms with Crippen LogP contribution in [0.5, 0.6) is 0 Å². The van der Waals surface area contributed by atoms with Gasteiger partial charge in [-0.1, -0.05) is 36.8 Å². The molecule has 2 aromatic rings. The molecule has 114 valence electrons. The zero-order valence-corrected chi connectivity index (χ0v) is 14.9. The molecule has 0 aliphatic rings. The van der Waals surface area contributed by atoms with Crippen LogP contribution in [-0.4, -0.2) is 9.78 Å². The van der Waals surface area contributed by atoms with Gasteiger partial charge in [-0.2, -0.15) is 5.10 Å². The monoisotopic (exact) mass is 349 g/mol. The fourth-order valence-corrected chi connectivity index (χ4v) is 3.11. The van der Waals surface area contributed by atoms with Gasteiger partial charge in [0, 0.05) is 19.1 Å². The van der Waals surface area contributed by atoms with E-state index in [-0.39, 0.29) is 0 Å². The van der Waals surface area contributed by atoms with Crippen molar-refractivity contribution in [2.75, 3.05) is 0 Å². The van der Waals surface area contributed by atoms with Gasteiger partial charge in [0.15, 0.2) is 0 Å². The second-order valence-electron chi connectivity index (χ2n) is 5.39. The van der Waals surface area contributed by atoms with E-state index in [0.29, 0.717) is 6.04 Å². The van der Waals surface area contributed by atoms with E-state index in [9.17, 15) is 0 Å². The summed E-state index contributed by atoms with van der Waals surface area (Å²) in [6.45, 7) is 10.3. The first kappa shape index (κ1) is 16.2. The van der Waals surface area contributed by atoms with Gasteiger partial charge in [-0.15, -0.1) is 0 Å². The fourth-order valence-electron chi connectivity index (χ4n) is 2.41. The van der Waals surface area contributed by atoms with Gasteiger partial charge < -0.3 is 5.32 Å². The smallest absolute Gasteiger partial charge is 0.0767 e. The van der Waals surface area contributed by atoms with Gasteiger partial charge in [0.05, 0.1) is 15.9 Å². The van der Waals surface area contributed by atoms with Crippen LogP contribution >= 0.6 is 15.9 Å². The number of halogens is 1. The van der Waals surface area contributed by atoms with Crippen LogP contribution in [0.15, 0.2) is 28.7 Å². The normalized spacial score (nSPS) is 12.6. The van der Waals surface area contributed by atoms with Gasteiger partial charge in [-0.25, -0.2) is 0 Å². The molecule has 0 spiro atoms. The molecule has 0 bridgehead atoms. The first-order valence-corrected chi connectivity index (χ1v) is 8.40. The zero-order valence-electron chi connectivity index (χ0n) is 13.3. The van der Waals surface area contributed by atoms with Crippen LogP contribution in [0.3, 0.4) is 0 Å². The highest BCUT2D eigenvalue weighted by molar-refractivity contribution is 9.10. The van der Waals surface area contributed by atoms with Crippen molar-refractivity contribution in [2.24, 2.45) is 0 Å². The molecule has 1 unspecified atom stereocenters. The summed E-state index contributed by atoms with van der Waals surface area (Å²) in [7, 11) is 0. The molecule has 1 N–H and O–H groups in total. The predicted octanol–water partition coefficient (Wildman–Crippen LogP) is 4.39. The van der Waals surface area contributed by atoms with Crippen LogP contribution in [0.4, 0.5) is 0 Å². The number of nitrogens with zero attached hydrogens (tertiary/aromatic N) is 2. The molecular formula is C17H24BrN3. The highest BCUT2D eigenvalue weighted by atomic mass is 79.9. The summed E-state index contributed by atoms with van der Waals surface area (Å²) >= 11 is 3.70. The molecule has 4 heteroatoms. The molecule has 0 aliphatic heterocycles. The third-order valence-electron chi connectivity index (χ3n) is 3.85. The molecule has 0 aliphatic carbocycles. The third-order valence-corrected chi connectivity index (χ3v) is 4.76. The predicted molar refractivity (Wildman–Crippen MR) is 91.4 cm³/mol. The van der Waals surface area contributed by atoms with Gasteiger partial charge in [0.2, 0.25) is 0 Å². The Labute approximate surface area is 135 Å². The minimum Gasteiger partial charge on any atom is -0.305 e. The quantitative estimate of drug-likeness (QED) is 0.838. The molecule has 1 atom stereocenters. The third kappa shape index (κ3) is 3.74. The SMILES string of the molecule is CCc1nn(CC)c(CNC(C)c2ccc(C)cc2)c1Br. The van der Waals surface area contributed by atoms with Crippen LogP contribution in [0.25, 0.3) is 0 Å². The summed E-state index contributed by atoms with van der Waals surface area (Å²) in [5.41, 5.74) is 4.98. The van der Waals surface area contributed by atoms with Crippen molar-refractivity contribution in [3.8, 4) is 0 Å². The van der Waals surface area contributed by atoms with Crippen molar-refractivity contribution in [2.45, 2.75) is 53.2 Å². The Bertz CT molecular complexity index is 587. The van der Waals surface area contributed by atoms with E-state index >= 15 is 0 Å². The summed E-state index contributed by atoms with van der Waals surface area (Å²) < 4.78 is 3.23. The molecule has 1 heterocycles. The Kier molecular flexibility index (Phi) is 5.59. The summed E-state index contributed by atoms with van der Waals surface area (Å²) in [5, 5.41) is 8.24. The second kappa shape index (κ2) is 7.23. The average molecular weight is 350 g/mol. The Balaban J connectivity index is 2.09. The number of benzene rings is 1. The van der Waals surface area contributed by atoms with Crippen molar-refractivity contribution in [3.63, 3.8) is 0 Å². The highest BCUT2D eigenvalue weighted by Gasteiger charge is 2.14. The van der Waals surface area contributed by atoms with Gasteiger partial charge in [0.1, 0.15) is 0 Å². The van der Waals surface area contributed by atoms with E-state index in [1.807, 2.05) is 0 Å². The van der Waals surface area contributed by atoms with Gasteiger partial charge in [-0.05, 0) is 48.7 Å². The minimum absolute atomic E-state index is 0.322. The van der Waals surface area contributed by atoms with Crippen molar-refractivity contribution in [3.05, 3.63) is 51.3 Å². The molecule has 21 heavy (non-hydrogen) atoms. The molecule has 0 saturated heterocycles. The van der Waals surface area contributed by atoms with E-state index in [1.165, 1.54) is 16.8 Å². The molecule has 1 aromatic carbocycles. The lowest BCUT2D eigenvalue weighted by molar-refractivity contribution is 0.529. The van der Waals surface area contributed by atoms with E-state index in [2.05, 4.69) is 83.0 Å². The zero-order chi connectivity index (χ0) is 15.4. The first-order chi connectivity index (χ1) is 10.1. The Morgan fingerprint density at radius 2 is 1.90 bits per heavy atom. The van der Waals surface area contributed by atoms with E-state index in [0.717, 1.165) is 29.7 Å². The Morgan fingerprint density at radius 3 is 2.48 bits per heavy atom. The molecule has 2 rings (SSSR count). The van der Waals surface area contributed by atoms with Crippen LogP contribution < -0.4 is 5.32 Å². The van der Waals surface area contributed by atoms with Crippen molar-refractivity contribution in [1.82, 2.24) is 15.1 Å². The van der Waals surface area contributed by atoms with E-state index < -0.39 is 0 Å². The summed E-state index contributed by atoms with van der Waals surface area (Å²) in [4.78, 5) is 0. The first-order valence-electron chi connectivity index (χ1n) is 7.60. The van der Waals surface area contributed by atoms with Crippen LogP contribution in [0.2, 0.25) is 0 Å². The second-order valence-corrected chi connectivity index (χ2v) is 6.18. The fraction of sp³-hybridized carbons (Fsp3) is 0.471. The Morgan fingerprint density at radius 1 is 1.24 bits per heavy atom. The van der Waals surface area contributed by atoms with E-state index in [4.69, 9.17) is 0 Å². The lowest BCUT2D eigenvalue weighted by Crippen LogP contribution is -2.20. The number of aryl methyl sites for hydroxylation is 3. The van der Waals surface area contributed by atoms with Gasteiger partial charge in [0.25, 0.3) is 0 Å². The standard InChI is InChI=1S/C17H24BrN3/c1-5-15-17(18)16(21(6-2)20-15)11-19-13(4)14-9-7-12(3)8-10-14/h7-10,13,19H,5-6,11H2,1-4H3. The maximum atomic E-state index is 4.64. The Hall–Kier alpha value is -1.13.